The summed E-state index contributed by atoms with van der Waals surface area (Å²) >= 11 is 0. The highest BCUT2D eigenvalue weighted by molar-refractivity contribution is 5.79. The number of esters is 1. The van der Waals surface area contributed by atoms with Crippen LogP contribution in [0.5, 0.6) is 0 Å². The van der Waals surface area contributed by atoms with Gasteiger partial charge in [-0.05, 0) is 19.4 Å². The molecule has 0 bridgehead atoms. The lowest BCUT2D eigenvalue weighted by Crippen LogP contribution is -2.33. The standard InChI is InChI=1S/C14H18N4O4/c1-3-22-14(19)10(15)5-7-13-16-11-8-9(18(20)21)4-6-12(11)17(13)2/h4,6,8,10H,3,5,7,15H2,1-2H3/t10-/m0/s1. The number of aromatic nitrogens is 2. The number of fused-ring (bicyclic) bond motifs is 1. The third-order valence-corrected chi connectivity index (χ3v) is 3.44. The second-order valence-corrected chi connectivity index (χ2v) is 4.91. The molecule has 0 saturated carbocycles. The molecule has 118 valence electrons. The van der Waals surface area contributed by atoms with Gasteiger partial charge in [0.05, 0.1) is 22.6 Å². The number of non-ortho nitro benzene ring substituents is 1. The van der Waals surface area contributed by atoms with Gasteiger partial charge < -0.3 is 15.0 Å². The molecule has 0 aliphatic heterocycles. The number of aryl methyl sites for hydroxylation is 2. The van der Waals surface area contributed by atoms with E-state index in [0.717, 1.165) is 11.3 Å². The van der Waals surface area contributed by atoms with E-state index >= 15 is 0 Å². The minimum atomic E-state index is -0.700. The Morgan fingerprint density at radius 3 is 2.91 bits per heavy atom. The summed E-state index contributed by atoms with van der Waals surface area (Å²) in [6, 6.07) is 3.84. The van der Waals surface area contributed by atoms with E-state index in [2.05, 4.69) is 4.98 Å². The molecule has 0 saturated heterocycles. The van der Waals surface area contributed by atoms with E-state index in [0.29, 0.717) is 25.0 Å². The monoisotopic (exact) mass is 306 g/mol. The van der Waals surface area contributed by atoms with Crippen molar-refractivity contribution in [3.05, 3.63) is 34.1 Å². The van der Waals surface area contributed by atoms with Gasteiger partial charge in [-0.25, -0.2) is 4.98 Å². The van der Waals surface area contributed by atoms with Crippen LogP contribution in [0.3, 0.4) is 0 Å². The van der Waals surface area contributed by atoms with Gasteiger partial charge in [0.15, 0.2) is 0 Å². The highest BCUT2D eigenvalue weighted by Crippen LogP contribution is 2.21. The van der Waals surface area contributed by atoms with Crippen LogP contribution >= 0.6 is 0 Å². The van der Waals surface area contributed by atoms with Crippen molar-refractivity contribution in [2.24, 2.45) is 12.8 Å². The highest BCUT2D eigenvalue weighted by Gasteiger charge is 2.17. The second kappa shape index (κ2) is 6.52. The smallest absolute Gasteiger partial charge is 0.322 e. The van der Waals surface area contributed by atoms with Crippen molar-refractivity contribution in [1.29, 1.82) is 0 Å². The Morgan fingerprint density at radius 2 is 2.27 bits per heavy atom. The number of rotatable bonds is 6. The number of nitro benzene ring substituents is 1. The molecule has 0 spiro atoms. The number of nitrogens with zero attached hydrogens (tertiary/aromatic N) is 3. The molecule has 0 aliphatic carbocycles. The lowest BCUT2D eigenvalue weighted by molar-refractivity contribution is -0.384. The third-order valence-electron chi connectivity index (χ3n) is 3.44. The van der Waals surface area contributed by atoms with Crippen molar-refractivity contribution in [3.63, 3.8) is 0 Å². The maximum atomic E-state index is 11.5. The molecule has 1 heterocycles. The van der Waals surface area contributed by atoms with E-state index in [1.54, 1.807) is 13.0 Å². The van der Waals surface area contributed by atoms with Gasteiger partial charge in [-0.1, -0.05) is 0 Å². The molecule has 1 atom stereocenters. The van der Waals surface area contributed by atoms with Crippen LogP contribution in [0.15, 0.2) is 18.2 Å². The molecule has 2 aromatic rings. The van der Waals surface area contributed by atoms with Gasteiger partial charge >= 0.3 is 5.97 Å². The number of nitro groups is 1. The summed E-state index contributed by atoms with van der Waals surface area (Å²) < 4.78 is 6.70. The summed E-state index contributed by atoms with van der Waals surface area (Å²) in [6.45, 7) is 2.02. The first kappa shape index (κ1) is 15.9. The first-order valence-corrected chi connectivity index (χ1v) is 6.96. The number of nitrogens with two attached hydrogens (primary N) is 1. The minimum absolute atomic E-state index is 0.000347. The number of hydrogen-bond donors (Lipinski definition) is 1. The summed E-state index contributed by atoms with van der Waals surface area (Å²) in [5, 5.41) is 10.8. The first-order chi connectivity index (χ1) is 10.4. The minimum Gasteiger partial charge on any atom is -0.465 e. The number of carbonyl (C=O) groups excluding carboxylic acids is 1. The predicted octanol–water partition coefficient (Wildman–Crippen LogP) is 1.30. The largest absolute Gasteiger partial charge is 0.465 e. The van der Waals surface area contributed by atoms with Gasteiger partial charge in [0, 0.05) is 25.6 Å². The zero-order valence-corrected chi connectivity index (χ0v) is 12.5. The number of benzene rings is 1. The Kier molecular flexibility index (Phi) is 4.71. The molecule has 1 aromatic carbocycles. The number of ether oxygens (including phenoxy) is 1. The first-order valence-electron chi connectivity index (χ1n) is 6.96. The average Bonchev–Trinajstić information content (AvgIpc) is 2.80. The van der Waals surface area contributed by atoms with Crippen molar-refractivity contribution in [3.8, 4) is 0 Å². The molecule has 8 nitrogen and oxygen atoms in total. The lowest BCUT2D eigenvalue weighted by Gasteiger charge is -2.10. The Labute approximate surface area is 127 Å². The summed E-state index contributed by atoms with van der Waals surface area (Å²) in [7, 11) is 1.83. The van der Waals surface area contributed by atoms with Crippen molar-refractivity contribution in [2.75, 3.05) is 6.61 Å². The Hall–Kier alpha value is -2.48. The predicted molar refractivity (Wildman–Crippen MR) is 80.3 cm³/mol. The number of imidazole rings is 1. The molecule has 0 radical (unpaired) electrons. The van der Waals surface area contributed by atoms with Crippen LogP contribution in [0.1, 0.15) is 19.2 Å². The quantitative estimate of drug-likeness (QED) is 0.489. The molecule has 2 N–H and O–H groups in total. The third kappa shape index (κ3) is 3.22. The second-order valence-electron chi connectivity index (χ2n) is 4.91. The summed E-state index contributed by atoms with van der Waals surface area (Å²) in [4.78, 5) is 26.2. The van der Waals surface area contributed by atoms with Crippen LogP contribution in [-0.4, -0.2) is 33.1 Å². The van der Waals surface area contributed by atoms with E-state index in [4.69, 9.17) is 10.5 Å². The van der Waals surface area contributed by atoms with Crippen LogP contribution in [0.4, 0.5) is 5.69 Å². The van der Waals surface area contributed by atoms with Gasteiger partial charge in [0.25, 0.3) is 5.69 Å². The fourth-order valence-electron chi connectivity index (χ4n) is 2.23. The molecule has 22 heavy (non-hydrogen) atoms. The van der Waals surface area contributed by atoms with E-state index in [1.807, 2.05) is 11.6 Å². The normalized spacial score (nSPS) is 12.3. The summed E-state index contributed by atoms with van der Waals surface area (Å²) in [6.07, 6.45) is 0.886. The number of carbonyl (C=O) groups is 1. The van der Waals surface area contributed by atoms with Crippen LogP contribution in [-0.2, 0) is 23.0 Å². The van der Waals surface area contributed by atoms with Crippen molar-refractivity contribution in [1.82, 2.24) is 9.55 Å². The average molecular weight is 306 g/mol. The fourth-order valence-corrected chi connectivity index (χ4v) is 2.23. The molecular formula is C14H18N4O4. The number of hydrogen-bond acceptors (Lipinski definition) is 6. The topological polar surface area (TPSA) is 113 Å². The van der Waals surface area contributed by atoms with E-state index < -0.39 is 16.9 Å². The van der Waals surface area contributed by atoms with Crippen molar-refractivity contribution in [2.45, 2.75) is 25.8 Å². The van der Waals surface area contributed by atoms with Crippen LogP contribution in [0.2, 0.25) is 0 Å². The zero-order chi connectivity index (χ0) is 16.3. The molecule has 0 aliphatic rings. The van der Waals surface area contributed by atoms with E-state index in [9.17, 15) is 14.9 Å². The van der Waals surface area contributed by atoms with E-state index in [1.165, 1.54) is 12.1 Å². The maximum absolute atomic E-state index is 11.5. The lowest BCUT2D eigenvalue weighted by atomic mass is 10.1. The molecule has 2 rings (SSSR count). The molecule has 8 heteroatoms. The summed E-state index contributed by atoms with van der Waals surface area (Å²) in [5.41, 5.74) is 7.11. The van der Waals surface area contributed by atoms with Gasteiger partial charge in [0.1, 0.15) is 11.9 Å². The van der Waals surface area contributed by atoms with Gasteiger partial charge in [-0.2, -0.15) is 0 Å². The van der Waals surface area contributed by atoms with Crippen LogP contribution in [0.25, 0.3) is 11.0 Å². The molecule has 0 fully saturated rings. The molecular weight excluding hydrogens is 288 g/mol. The SMILES string of the molecule is CCOC(=O)[C@@H](N)CCc1nc2cc([N+](=O)[O-])ccc2n1C. The van der Waals surface area contributed by atoms with E-state index in [-0.39, 0.29) is 5.69 Å². The molecule has 0 unspecified atom stereocenters. The maximum Gasteiger partial charge on any atom is 0.322 e. The van der Waals surface area contributed by atoms with Gasteiger partial charge in [-0.3, -0.25) is 14.9 Å². The Balaban J connectivity index is 2.16. The Bertz CT molecular complexity index is 710. The fraction of sp³-hybridized carbons (Fsp3) is 0.429. The summed E-state index contributed by atoms with van der Waals surface area (Å²) in [5.74, 6) is 0.284. The van der Waals surface area contributed by atoms with Crippen LogP contribution in [0, 0.1) is 10.1 Å². The van der Waals surface area contributed by atoms with Gasteiger partial charge in [-0.15, -0.1) is 0 Å². The molecule has 0 amide bonds. The van der Waals surface area contributed by atoms with Crippen molar-refractivity contribution >= 4 is 22.7 Å². The van der Waals surface area contributed by atoms with Crippen LogP contribution < -0.4 is 5.73 Å². The highest BCUT2D eigenvalue weighted by atomic mass is 16.6. The molecule has 1 aromatic heterocycles. The van der Waals surface area contributed by atoms with Crippen molar-refractivity contribution < 1.29 is 14.5 Å². The zero-order valence-electron chi connectivity index (χ0n) is 12.5. The Morgan fingerprint density at radius 1 is 1.55 bits per heavy atom. The van der Waals surface area contributed by atoms with Gasteiger partial charge in [0.2, 0.25) is 0 Å².